The van der Waals surface area contributed by atoms with Gasteiger partial charge in [0.2, 0.25) is 0 Å². The van der Waals surface area contributed by atoms with Crippen LogP contribution in [0.1, 0.15) is 51.4 Å². The first-order chi connectivity index (χ1) is 6.70. The first-order valence-corrected chi connectivity index (χ1v) is 5.67. The highest BCUT2D eigenvalue weighted by Crippen LogP contribution is 2.25. The summed E-state index contributed by atoms with van der Waals surface area (Å²) in [6.07, 6.45) is 8.72. The molecular formula is C11H21NO2. The van der Waals surface area contributed by atoms with Gasteiger partial charge >= 0.3 is 5.97 Å². The number of aliphatic carboxylic acids is 1. The van der Waals surface area contributed by atoms with Crippen molar-refractivity contribution in [3.8, 4) is 0 Å². The Hall–Kier alpha value is -0.570. The first kappa shape index (κ1) is 11.5. The summed E-state index contributed by atoms with van der Waals surface area (Å²) in [5, 5.41) is 8.66. The second-order valence-corrected chi connectivity index (χ2v) is 4.37. The molecule has 0 unspecified atom stereocenters. The van der Waals surface area contributed by atoms with Gasteiger partial charge in [-0.3, -0.25) is 4.79 Å². The molecule has 0 bridgehead atoms. The lowest BCUT2D eigenvalue weighted by atomic mass is 9.85. The Labute approximate surface area is 85.7 Å². The average molecular weight is 199 g/mol. The molecule has 1 saturated carbocycles. The zero-order valence-corrected chi connectivity index (χ0v) is 8.74. The molecule has 0 aromatic rings. The molecule has 1 aliphatic rings. The van der Waals surface area contributed by atoms with E-state index in [2.05, 4.69) is 0 Å². The molecule has 0 amide bonds. The van der Waals surface area contributed by atoms with Gasteiger partial charge in [-0.25, -0.2) is 0 Å². The minimum absolute atomic E-state index is 0.130. The SMILES string of the molecule is N[C@@H](CC(=O)O)C1CCCCCCC1. The summed E-state index contributed by atoms with van der Waals surface area (Å²) in [5.74, 6) is -0.328. The molecule has 0 saturated heterocycles. The second kappa shape index (κ2) is 6.02. The van der Waals surface area contributed by atoms with Crippen LogP contribution in [0, 0.1) is 5.92 Å². The topological polar surface area (TPSA) is 63.3 Å². The number of nitrogens with two attached hydrogens (primary N) is 1. The molecule has 1 aliphatic carbocycles. The number of rotatable bonds is 3. The fourth-order valence-corrected chi connectivity index (χ4v) is 2.28. The van der Waals surface area contributed by atoms with Gasteiger partial charge in [0.15, 0.2) is 0 Å². The van der Waals surface area contributed by atoms with E-state index >= 15 is 0 Å². The van der Waals surface area contributed by atoms with Gasteiger partial charge in [-0.1, -0.05) is 32.1 Å². The van der Waals surface area contributed by atoms with Gasteiger partial charge in [-0.15, -0.1) is 0 Å². The predicted molar refractivity (Wildman–Crippen MR) is 56.0 cm³/mol. The van der Waals surface area contributed by atoms with Crippen LogP contribution >= 0.6 is 0 Å². The van der Waals surface area contributed by atoms with Crippen LogP contribution in [0.4, 0.5) is 0 Å². The lowest BCUT2D eigenvalue weighted by molar-refractivity contribution is -0.137. The monoisotopic (exact) mass is 199 g/mol. The summed E-state index contributed by atoms with van der Waals surface area (Å²) in [4.78, 5) is 10.5. The third-order valence-corrected chi connectivity index (χ3v) is 3.17. The lowest BCUT2D eigenvalue weighted by Crippen LogP contribution is -2.33. The van der Waals surface area contributed by atoms with E-state index in [0.717, 1.165) is 12.8 Å². The van der Waals surface area contributed by atoms with Crippen LogP contribution in [0.25, 0.3) is 0 Å². The van der Waals surface area contributed by atoms with Crippen molar-refractivity contribution in [2.75, 3.05) is 0 Å². The van der Waals surface area contributed by atoms with Crippen molar-refractivity contribution in [3.05, 3.63) is 0 Å². The third kappa shape index (κ3) is 4.09. The van der Waals surface area contributed by atoms with Crippen LogP contribution in [0.5, 0.6) is 0 Å². The standard InChI is InChI=1S/C11H21NO2/c12-10(8-11(13)14)9-6-4-2-1-3-5-7-9/h9-10H,1-8,12H2,(H,13,14)/t10-/m0/s1. The van der Waals surface area contributed by atoms with E-state index < -0.39 is 5.97 Å². The smallest absolute Gasteiger partial charge is 0.304 e. The average Bonchev–Trinajstić information content (AvgIpc) is 2.00. The van der Waals surface area contributed by atoms with E-state index in [4.69, 9.17) is 10.8 Å². The van der Waals surface area contributed by atoms with Crippen molar-refractivity contribution in [2.24, 2.45) is 11.7 Å². The Bertz CT molecular complexity index is 174. The summed E-state index contributed by atoms with van der Waals surface area (Å²) >= 11 is 0. The van der Waals surface area contributed by atoms with Crippen LogP contribution in [0.2, 0.25) is 0 Å². The van der Waals surface area contributed by atoms with Crippen molar-refractivity contribution in [1.29, 1.82) is 0 Å². The molecule has 3 heteroatoms. The maximum atomic E-state index is 10.5. The molecule has 3 N–H and O–H groups in total. The summed E-state index contributed by atoms with van der Waals surface area (Å²) in [6, 6.07) is -0.134. The number of carboxylic acids is 1. The summed E-state index contributed by atoms with van der Waals surface area (Å²) in [5.41, 5.74) is 5.89. The largest absolute Gasteiger partial charge is 0.481 e. The Morgan fingerprint density at radius 2 is 1.71 bits per heavy atom. The Kier molecular flexibility index (Phi) is 4.94. The Morgan fingerprint density at radius 3 is 2.21 bits per heavy atom. The number of hydrogen-bond acceptors (Lipinski definition) is 2. The minimum atomic E-state index is -0.764. The van der Waals surface area contributed by atoms with Crippen LogP contribution < -0.4 is 5.73 Å². The zero-order valence-electron chi connectivity index (χ0n) is 8.74. The van der Waals surface area contributed by atoms with Gasteiger partial charge in [-0.05, 0) is 18.8 Å². The third-order valence-electron chi connectivity index (χ3n) is 3.17. The molecule has 0 heterocycles. The van der Waals surface area contributed by atoms with Gasteiger partial charge in [0, 0.05) is 6.04 Å². The number of hydrogen-bond donors (Lipinski definition) is 2. The van der Waals surface area contributed by atoms with Gasteiger partial charge < -0.3 is 10.8 Å². The lowest BCUT2D eigenvalue weighted by Gasteiger charge is -2.24. The quantitative estimate of drug-likeness (QED) is 0.732. The van der Waals surface area contributed by atoms with Crippen LogP contribution in [-0.2, 0) is 4.79 Å². The van der Waals surface area contributed by atoms with E-state index in [9.17, 15) is 4.79 Å². The molecule has 1 rings (SSSR count). The van der Waals surface area contributed by atoms with Gasteiger partial charge in [0.05, 0.1) is 6.42 Å². The molecule has 1 fully saturated rings. The fourth-order valence-electron chi connectivity index (χ4n) is 2.28. The molecule has 0 spiro atoms. The van der Waals surface area contributed by atoms with Crippen LogP contribution in [0.3, 0.4) is 0 Å². The molecule has 3 nitrogen and oxygen atoms in total. The molecule has 1 atom stereocenters. The highest BCUT2D eigenvalue weighted by Gasteiger charge is 2.20. The summed E-state index contributed by atoms with van der Waals surface area (Å²) in [7, 11) is 0. The minimum Gasteiger partial charge on any atom is -0.481 e. The van der Waals surface area contributed by atoms with Gasteiger partial charge in [-0.2, -0.15) is 0 Å². The molecule has 0 aromatic carbocycles. The van der Waals surface area contributed by atoms with E-state index in [1.165, 1.54) is 32.1 Å². The van der Waals surface area contributed by atoms with E-state index in [1.807, 2.05) is 0 Å². The normalized spacial score (nSPS) is 22.4. The maximum absolute atomic E-state index is 10.5. The molecule has 0 radical (unpaired) electrons. The van der Waals surface area contributed by atoms with Crippen LogP contribution in [-0.4, -0.2) is 17.1 Å². The summed E-state index contributed by atoms with van der Waals surface area (Å²) < 4.78 is 0. The predicted octanol–water partition coefficient (Wildman–Crippen LogP) is 2.15. The van der Waals surface area contributed by atoms with Crippen molar-refractivity contribution in [2.45, 2.75) is 57.4 Å². The van der Waals surface area contributed by atoms with E-state index in [-0.39, 0.29) is 12.5 Å². The van der Waals surface area contributed by atoms with Crippen LogP contribution in [0.15, 0.2) is 0 Å². The highest BCUT2D eigenvalue weighted by molar-refractivity contribution is 5.67. The Morgan fingerprint density at radius 1 is 1.21 bits per heavy atom. The van der Waals surface area contributed by atoms with Crippen molar-refractivity contribution in [3.63, 3.8) is 0 Å². The van der Waals surface area contributed by atoms with E-state index in [0.29, 0.717) is 5.92 Å². The van der Waals surface area contributed by atoms with Gasteiger partial charge in [0.1, 0.15) is 0 Å². The van der Waals surface area contributed by atoms with Gasteiger partial charge in [0.25, 0.3) is 0 Å². The molecular weight excluding hydrogens is 178 g/mol. The molecule has 0 aliphatic heterocycles. The maximum Gasteiger partial charge on any atom is 0.304 e. The first-order valence-electron chi connectivity index (χ1n) is 5.67. The zero-order chi connectivity index (χ0) is 10.4. The molecule has 0 aromatic heterocycles. The summed E-state index contributed by atoms with van der Waals surface area (Å²) in [6.45, 7) is 0. The van der Waals surface area contributed by atoms with Crippen molar-refractivity contribution >= 4 is 5.97 Å². The fraction of sp³-hybridized carbons (Fsp3) is 0.909. The van der Waals surface area contributed by atoms with Crippen molar-refractivity contribution in [1.82, 2.24) is 0 Å². The second-order valence-electron chi connectivity index (χ2n) is 4.37. The molecule has 14 heavy (non-hydrogen) atoms. The number of carboxylic acid groups (broad SMARTS) is 1. The Balaban J connectivity index is 2.34. The van der Waals surface area contributed by atoms with Crippen molar-refractivity contribution < 1.29 is 9.90 Å². The number of carbonyl (C=O) groups is 1. The van der Waals surface area contributed by atoms with E-state index in [1.54, 1.807) is 0 Å². The highest BCUT2D eigenvalue weighted by atomic mass is 16.4. The molecule has 82 valence electrons.